The Balaban J connectivity index is 0.00000261. The Bertz CT molecular complexity index is 620. The molecule has 0 aromatic carbocycles. The highest BCUT2D eigenvalue weighted by molar-refractivity contribution is 14.0. The molecule has 2 aliphatic heterocycles. The average molecular weight is 506 g/mol. The molecular weight excluding hydrogens is 471 g/mol. The molecule has 2 aliphatic rings. The molecule has 1 aromatic rings. The molecule has 0 bridgehead atoms. The van der Waals surface area contributed by atoms with Gasteiger partial charge in [-0.25, -0.2) is 4.98 Å². The minimum atomic E-state index is 0. The highest BCUT2D eigenvalue weighted by Gasteiger charge is 2.40. The Morgan fingerprint density at radius 3 is 2.70 bits per heavy atom. The van der Waals surface area contributed by atoms with E-state index in [1.165, 1.54) is 30.0 Å². The van der Waals surface area contributed by atoms with Crippen LogP contribution in [-0.2, 0) is 16.6 Å². The van der Waals surface area contributed by atoms with Crippen LogP contribution in [0.2, 0.25) is 0 Å². The fourth-order valence-electron chi connectivity index (χ4n) is 3.78. The topological polar surface area (TPSA) is 49.8 Å². The predicted octanol–water partition coefficient (Wildman–Crippen LogP) is 4.07. The van der Waals surface area contributed by atoms with E-state index in [4.69, 9.17) is 14.7 Å². The number of aromatic nitrogens is 1. The molecule has 0 unspecified atom stereocenters. The Labute approximate surface area is 185 Å². The smallest absolute Gasteiger partial charge is 0.193 e. The summed E-state index contributed by atoms with van der Waals surface area (Å²) < 4.78 is 5.57. The molecule has 3 rings (SSSR count). The monoisotopic (exact) mass is 506 g/mol. The van der Waals surface area contributed by atoms with E-state index in [0.717, 1.165) is 51.8 Å². The second-order valence-corrected chi connectivity index (χ2v) is 9.59. The maximum absolute atomic E-state index is 5.57. The Morgan fingerprint density at radius 1 is 1.33 bits per heavy atom. The molecule has 0 saturated carbocycles. The second kappa shape index (κ2) is 9.87. The summed E-state index contributed by atoms with van der Waals surface area (Å²) >= 11 is 1.76. The van der Waals surface area contributed by atoms with Gasteiger partial charge >= 0.3 is 0 Å². The van der Waals surface area contributed by atoms with Gasteiger partial charge in [-0.15, -0.1) is 35.3 Å². The third-order valence-electron chi connectivity index (χ3n) is 5.53. The minimum Gasteiger partial charge on any atom is -0.381 e. The van der Waals surface area contributed by atoms with Crippen molar-refractivity contribution >= 4 is 41.3 Å². The van der Waals surface area contributed by atoms with Gasteiger partial charge in [-0.1, -0.05) is 20.8 Å². The lowest BCUT2D eigenvalue weighted by molar-refractivity contribution is 0.0217. The van der Waals surface area contributed by atoms with Crippen molar-refractivity contribution in [3.05, 3.63) is 16.1 Å². The summed E-state index contributed by atoms with van der Waals surface area (Å²) in [6.07, 6.45) is 4.57. The van der Waals surface area contributed by atoms with E-state index in [1.807, 2.05) is 0 Å². The van der Waals surface area contributed by atoms with Crippen LogP contribution >= 0.6 is 35.3 Å². The zero-order valence-electron chi connectivity index (χ0n) is 17.2. The van der Waals surface area contributed by atoms with E-state index in [0.29, 0.717) is 5.41 Å². The molecule has 0 radical (unpaired) electrons. The SMILES string of the molecule is CCNC(=NCCc1nc(C(C)(C)C)cs1)N1CCC2(CCOCC2)C1.I. The zero-order valence-corrected chi connectivity index (χ0v) is 20.4. The van der Waals surface area contributed by atoms with Crippen LogP contribution in [0.25, 0.3) is 0 Å². The number of likely N-dealkylation sites (tertiary alicyclic amines) is 1. The molecule has 1 N–H and O–H groups in total. The maximum Gasteiger partial charge on any atom is 0.193 e. The quantitative estimate of drug-likeness (QED) is 0.380. The van der Waals surface area contributed by atoms with Crippen molar-refractivity contribution in [3.8, 4) is 0 Å². The van der Waals surface area contributed by atoms with Crippen molar-refractivity contribution in [2.24, 2.45) is 10.4 Å². The Morgan fingerprint density at radius 2 is 2.07 bits per heavy atom. The number of nitrogens with one attached hydrogen (secondary N) is 1. The van der Waals surface area contributed by atoms with Crippen molar-refractivity contribution in [2.75, 3.05) is 39.4 Å². The third-order valence-corrected chi connectivity index (χ3v) is 6.44. The van der Waals surface area contributed by atoms with Crippen molar-refractivity contribution < 1.29 is 4.74 Å². The first kappa shape index (κ1) is 22.9. The Kier molecular flexibility index (Phi) is 8.36. The van der Waals surface area contributed by atoms with Crippen LogP contribution in [0.4, 0.5) is 0 Å². The lowest BCUT2D eigenvalue weighted by atomic mass is 9.80. The van der Waals surface area contributed by atoms with E-state index in [2.05, 4.69) is 43.3 Å². The maximum atomic E-state index is 5.57. The van der Waals surface area contributed by atoms with Crippen LogP contribution in [0.15, 0.2) is 10.4 Å². The van der Waals surface area contributed by atoms with Gasteiger partial charge in [0.05, 0.1) is 10.7 Å². The molecule has 3 heterocycles. The van der Waals surface area contributed by atoms with Gasteiger partial charge in [0.2, 0.25) is 0 Å². The van der Waals surface area contributed by atoms with Gasteiger partial charge < -0.3 is 15.0 Å². The molecule has 154 valence electrons. The highest BCUT2D eigenvalue weighted by atomic mass is 127. The number of ether oxygens (including phenoxy) is 1. The fraction of sp³-hybridized carbons (Fsp3) is 0.800. The van der Waals surface area contributed by atoms with Gasteiger partial charge in [0.25, 0.3) is 0 Å². The van der Waals surface area contributed by atoms with E-state index in [9.17, 15) is 0 Å². The highest BCUT2D eigenvalue weighted by Crippen LogP contribution is 2.39. The van der Waals surface area contributed by atoms with Crippen molar-refractivity contribution in [1.82, 2.24) is 15.2 Å². The van der Waals surface area contributed by atoms with Crippen LogP contribution in [0.5, 0.6) is 0 Å². The van der Waals surface area contributed by atoms with Crippen LogP contribution in [0, 0.1) is 5.41 Å². The molecule has 0 amide bonds. The van der Waals surface area contributed by atoms with Gasteiger partial charge in [-0.2, -0.15) is 0 Å². The van der Waals surface area contributed by atoms with Gasteiger partial charge in [-0.3, -0.25) is 4.99 Å². The minimum absolute atomic E-state index is 0. The summed E-state index contributed by atoms with van der Waals surface area (Å²) in [5.41, 5.74) is 1.76. The summed E-state index contributed by atoms with van der Waals surface area (Å²) in [6.45, 7) is 14.6. The van der Waals surface area contributed by atoms with Crippen molar-refractivity contribution in [1.29, 1.82) is 0 Å². The number of aliphatic imine (C=N–C) groups is 1. The number of hydrogen-bond acceptors (Lipinski definition) is 4. The van der Waals surface area contributed by atoms with E-state index < -0.39 is 0 Å². The summed E-state index contributed by atoms with van der Waals surface area (Å²) in [6, 6.07) is 0. The number of nitrogens with zero attached hydrogens (tertiary/aromatic N) is 3. The molecule has 5 nitrogen and oxygen atoms in total. The lowest BCUT2D eigenvalue weighted by Crippen LogP contribution is -2.42. The predicted molar refractivity (Wildman–Crippen MR) is 125 cm³/mol. The van der Waals surface area contributed by atoms with Gasteiger partial charge in [0.1, 0.15) is 0 Å². The fourth-order valence-corrected chi connectivity index (χ4v) is 4.80. The van der Waals surface area contributed by atoms with Crippen LogP contribution < -0.4 is 5.32 Å². The second-order valence-electron chi connectivity index (χ2n) is 8.65. The molecule has 1 spiro atoms. The number of halogens is 1. The first-order valence-corrected chi connectivity index (χ1v) is 10.9. The first-order valence-electron chi connectivity index (χ1n) is 9.98. The zero-order chi connectivity index (χ0) is 18.6. The molecular formula is C20H35IN4OS. The normalized spacial score (nSPS) is 20.0. The van der Waals surface area contributed by atoms with Gasteiger partial charge in [0.15, 0.2) is 5.96 Å². The molecule has 2 fully saturated rings. The van der Waals surface area contributed by atoms with E-state index in [1.54, 1.807) is 11.3 Å². The molecule has 27 heavy (non-hydrogen) atoms. The number of hydrogen-bond donors (Lipinski definition) is 1. The van der Waals surface area contributed by atoms with Gasteiger partial charge in [-0.05, 0) is 31.6 Å². The van der Waals surface area contributed by atoms with Crippen molar-refractivity contribution in [2.45, 2.75) is 58.8 Å². The van der Waals surface area contributed by atoms with Crippen LogP contribution in [0.3, 0.4) is 0 Å². The number of thiazole rings is 1. The van der Waals surface area contributed by atoms with E-state index >= 15 is 0 Å². The van der Waals surface area contributed by atoms with Crippen molar-refractivity contribution in [3.63, 3.8) is 0 Å². The molecule has 0 aliphatic carbocycles. The summed E-state index contributed by atoms with van der Waals surface area (Å²) in [4.78, 5) is 12.2. The van der Waals surface area contributed by atoms with Crippen LogP contribution in [-0.4, -0.2) is 55.2 Å². The summed E-state index contributed by atoms with van der Waals surface area (Å²) in [5, 5.41) is 6.88. The third kappa shape index (κ3) is 6.03. The molecule has 2 saturated heterocycles. The van der Waals surface area contributed by atoms with E-state index in [-0.39, 0.29) is 29.4 Å². The summed E-state index contributed by atoms with van der Waals surface area (Å²) in [5.74, 6) is 1.07. The first-order chi connectivity index (χ1) is 12.4. The largest absolute Gasteiger partial charge is 0.381 e. The molecule has 0 atom stereocenters. The van der Waals surface area contributed by atoms with Crippen LogP contribution in [0.1, 0.15) is 57.7 Å². The standard InChI is InChI=1S/C20H34N4OS.HI/c1-5-21-18(24-11-7-20(15-24)8-12-25-13-9-20)22-10-6-17-23-16(14-26-17)19(2,3)4;/h14H,5-13,15H2,1-4H3,(H,21,22);1H. The number of guanidine groups is 1. The molecule has 7 heteroatoms. The average Bonchev–Trinajstić information content (AvgIpc) is 3.22. The Hall–Kier alpha value is -0.410. The summed E-state index contributed by atoms with van der Waals surface area (Å²) in [7, 11) is 0. The number of rotatable bonds is 4. The molecule has 1 aromatic heterocycles. The van der Waals surface area contributed by atoms with Gasteiger partial charge in [0, 0.05) is 56.6 Å². The lowest BCUT2D eigenvalue weighted by Gasteiger charge is -2.33.